The molecule has 3 aromatic rings. The fourth-order valence-electron chi connectivity index (χ4n) is 4.44. The van der Waals surface area contributed by atoms with Crippen molar-refractivity contribution in [3.63, 3.8) is 0 Å². The van der Waals surface area contributed by atoms with Gasteiger partial charge in [0, 0.05) is 36.2 Å². The number of hydrogen-bond acceptors (Lipinski definition) is 9. The first-order chi connectivity index (χ1) is 15.3. The standard InChI is InChI=1S/C20H21F3N4O4S2/c1-18(2,3)19-8-11(26-19)9-27(10-19)17-25-14-13(31-33(28,29)20(21,22)23)5-4-12(15(14)30-17)16-24-6-7-32-16/h4-7,11,26H,8-10H2,1-3H3. The third kappa shape index (κ3) is 3.56. The van der Waals surface area contributed by atoms with Crippen molar-refractivity contribution in [3.05, 3.63) is 23.7 Å². The zero-order chi connectivity index (χ0) is 23.8. The third-order valence-corrected chi connectivity index (χ3v) is 8.10. The highest BCUT2D eigenvalue weighted by Gasteiger charge is 2.56. The minimum atomic E-state index is -5.87. The molecule has 0 aliphatic carbocycles. The Kier molecular flexibility index (Phi) is 4.80. The van der Waals surface area contributed by atoms with E-state index >= 15 is 0 Å². The second kappa shape index (κ2) is 7.06. The van der Waals surface area contributed by atoms with Gasteiger partial charge >= 0.3 is 15.6 Å². The summed E-state index contributed by atoms with van der Waals surface area (Å²) in [5.41, 5.74) is -5.28. The molecule has 6 rings (SSSR count). The maximum Gasteiger partial charge on any atom is 0.534 e. The number of benzene rings is 1. The summed E-state index contributed by atoms with van der Waals surface area (Å²) in [7, 11) is -5.87. The highest BCUT2D eigenvalue weighted by atomic mass is 32.2. The van der Waals surface area contributed by atoms with Crippen LogP contribution in [-0.2, 0) is 10.1 Å². The van der Waals surface area contributed by atoms with Crippen LogP contribution in [0, 0.1) is 5.41 Å². The van der Waals surface area contributed by atoms with E-state index in [1.165, 1.54) is 17.4 Å². The van der Waals surface area contributed by atoms with Gasteiger partial charge in [-0.2, -0.15) is 26.6 Å². The lowest BCUT2D eigenvalue weighted by Gasteiger charge is -2.62. The summed E-state index contributed by atoms with van der Waals surface area (Å²) < 4.78 is 72.6. The van der Waals surface area contributed by atoms with Crippen molar-refractivity contribution in [2.45, 2.75) is 44.3 Å². The molecular formula is C20H21F3N4O4S2. The molecule has 2 atom stereocenters. The summed E-state index contributed by atoms with van der Waals surface area (Å²) in [6, 6.07) is 2.99. The number of nitrogens with one attached hydrogen (secondary N) is 1. The molecule has 2 unspecified atom stereocenters. The van der Waals surface area contributed by atoms with Gasteiger partial charge < -0.3 is 18.8 Å². The molecular weight excluding hydrogens is 481 g/mol. The Hall–Kier alpha value is -2.38. The van der Waals surface area contributed by atoms with Crippen LogP contribution >= 0.6 is 11.3 Å². The van der Waals surface area contributed by atoms with E-state index < -0.39 is 21.4 Å². The maximum atomic E-state index is 12.9. The van der Waals surface area contributed by atoms with Crippen molar-refractivity contribution in [2.24, 2.45) is 5.41 Å². The van der Waals surface area contributed by atoms with Gasteiger partial charge in [0.1, 0.15) is 5.01 Å². The first kappa shape index (κ1) is 22.4. The Balaban J connectivity index is 1.60. The van der Waals surface area contributed by atoms with Gasteiger partial charge in [-0.1, -0.05) is 20.8 Å². The smallest absolute Gasteiger partial charge is 0.422 e. The molecule has 3 fully saturated rings. The average molecular weight is 503 g/mol. The van der Waals surface area contributed by atoms with Gasteiger partial charge in [0.2, 0.25) is 0 Å². The summed E-state index contributed by atoms with van der Waals surface area (Å²) in [6.45, 7) is 7.61. The molecule has 1 aromatic carbocycles. The molecule has 8 nitrogen and oxygen atoms in total. The molecule has 0 amide bonds. The van der Waals surface area contributed by atoms with Crippen molar-refractivity contribution in [1.29, 1.82) is 0 Å². The monoisotopic (exact) mass is 502 g/mol. The van der Waals surface area contributed by atoms with Gasteiger partial charge in [0.25, 0.3) is 6.01 Å². The molecule has 3 saturated heterocycles. The largest absolute Gasteiger partial charge is 0.534 e. The van der Waals surface area contributed by atoms with Crippen molar-refractivity contribution < 1.29 is 30.2 Å². The van der Waals surface area contributed by atoms with E-state index in [0.29, 0.717) is 23.7 Å². The zero-order valence-electron chi connectivity index (χ0n) is 17.9. The molecule has 13 heteroatoms. The van der Waals surface area contributed by atoms with E-state index in [1.807, 2.05) is 4.90 Å². The molecule has 3 aliphatic rings. The van der Waals surface area contributed by atoms with E-state index in [0.717, 1.165) is 12.5 Å². The Labute approximate surface area is 191 Å². The van der Waals surface area contributed by atoms with Gasteiger partial charge in [0.15, 0.2) is 16.8 Å². The summed E-state index contributed by atoms with van der Waals surface area (Å²) in [6.07, 6.45) is 2.58. The number of oxazole rings is 1. The molecule has 5 heterocycles. The number of halogens is 3. The van der Waals surface area contributed by atoms with Crippen LogP contribution in [0.3, 0.4) is 0 Å². The van der Waals surface area contributed by atoms with Crippen molar-refractivity contribution in [1.82, 2.24) is 15.3 Å². The molecule has 1 N–H and O–H groups in total. The number of piperazine rings is 1. The van der Waals surface area contributed by atoms with E-state index in [9.17, 15) is 21.6 Å². The van der Waals surface area contributed by atoms with E-state index in [2.05, 4.69) is 40.2 Å². The van der Waals surface area contributed by atoms with Gasteiger partial charge in [-0.15, -0.1) is 11.3 Å². The van der Waals surface area contributed by atoms with E-state index in [4.69, 9.17) is 4.42 Å². The zero-order valence-corrected chi connectivity index (χ0v) is 19.6. The first-order valence-corrected chi connectivity index (χ1v) is 12.5. The number of fused-ring (bicyclic) bond motifs is 3. The van der Waals surface area contributed by atoms with Crippen LogP contribution in [0.4, 0.5) is 19.2 Å². The molecule has 0 spiro atoms. The number of alkyl halides is 3. The summed E-state index contributed by atoms with van der Waals surface area (Å²) >= 11 is 1.31. The topological polar surface area (TPSA) is 97.6 Å². The SMILES string of the molecule is CC(C)(C)C12CC(CN(c3nc4c(OS(=O)(=O)C(F)(F)F)ccc(-c5nccs5)c4o3)C1)N2. The summed E-state index contributed by atoms with van der Waals surface area (Å²) in [5, 5.41) is 5.91. The summed E-state index contributed by atoms with van der Waals surface area (Å²) in [5.74, 6) is -0.552. The molecule has 0 radical (unpaired) electrons. The van der Waals surface area contributed by atoms with Crippen LogP contribution in [0.2, 0.25) is 0 Å². The van der Waals surface area contributed by atoms with E-state index in [-0.39, 0.29) is 34.1 Å². The third-order valence-electron chi connectivity index (χ3n) is 6.32. The minimum absolute atomic E-state index is 0.0463. The fourth-order valence-corrected chi connectivity index (χ4v) is 5.56. The number of piperidine rings is 1. The Morgan fingerprint density at radius 1 is 1.30 bits per heavy atom. The number of hydrogen-bond donors (Lipinski definition) is 1. The van der Waals surface area contributed by atoms with Crippen LogP contribution in [-0.4, -0.2) is 48.6 Å². The second-order valence-electron chi connectivity index (χ2n) is 9.36. The van der Waals surface area contributed by atoms with E-state index in [1.54, 1.807) is 11.6 Å². The van der Waals surface area contributed by atoms with Gasteiger partial charge in [-0.3, -0.25) is 0 Å². The number of aromatic nitrogens is 2. The Morgan fingerprint density at radius 2 is 2.03 bits per heavy atom. The average Bonchev–Trinajstić information content (AvgIpc) is 3.36. The Bertz CT molecular complexity index is 1310. The maximum absolute atomic E-state index is 12.9. The highest BCUT2D eigenvalue weighted by molar-refractivity contribution is 7.88. The van der Waals surface area contributed by atoms with Crippen LogP contribution < -0.4 is 14.4 Å². The van der Waals surface area contributed by atoms with Gasteiger partial charge in [-0.05, 0) is 24.0 Å². The molecule has 33 heavy (non-hydrogen) atoms. The normalized spacial score (nSPS) is 23.6. The quantitative estimate of drug-likeness (QED) is 0.420. The molecule has 178 valence electrons. The molecule has 3 aliphatic heterocycles. The fraction of sp³-hybridized carbons (Fsp3) is 0.500. The number of anilines is 1. The van der Waals surface area contributed by atoms with Gasteiger partial charge in [-0.25, -0.2) is 4.98 Å². The lowest BCUT2D eigenvalue weighted by molar-refractivity contribution is -0.0499. The number of rotatable bonds is 4. The Morgan fingerprint density at radius 3 is 2.64 bits per heavy atom. The molecule has 2 bridgehead atoms. The predicted molar refractivity (Wildman–Crippen MR) is 117 cm³/mol. The lowest BCUT2D eigenvalue weighted by Crippen LogP contribution is -2.80. The molecule has 0 saturated carbocycles. The second-order valence-corrected chi connectivity index (χ2v) is 11.8. The minimum Gasteiger partial charge on any atom is -0.422 e. The predicted octanol–water partition coefficient (Wildman–Crippen LogP) is 4.15. The first-order valence-electron chi connectivity index (χ1n) is 10.2. The van der Waals surface area contributed by atoms with Crippen molar-refractivity contribution >= 4 is 38.6 Å². The van der Waals surface area contributed by atoms with Gasteiger partial charge in [0.05, 0.1) is 5.56 Å². The summed E-state index contributed by atoms with van der Waals surface area (Å²) in [4.78, 5) is 10.6. The van der Waals surface area contributed by atoms with Crippen LogP contribution in [0.25, 0.3) is 21.7 Å². The van der Waals surface area contributed by atoms with Crippen molar-refractivity contribution in [2.75, 3.05) is 18.0 Å². The highest BCUT2D eigenvalue weighted by Crippen LogP contribution is 2.46. The van der Waals surface area contributed by atoms with Crippen LogP contribution in [0.1, 0.15) is 27.2 Å². The molecule has 2 aromatic heterocycles. The number of thiazole rings is 1. The van der Waals surface area contributed by atoms with Crippen LogP contribution in [0.15, 0.2) is 28.1 Å². The van der Waals surface area contributed by atoms with Crippen LogP contribution in [0.5, 0.6) is 5.75 Å². The number of nitrogens with zero attached hydrogens (tertiary/aromatic N) is 3. The van der Waals surface area contributed by atoms with Crippen molar-refractivity contribution in [3.8, 4) is 16.3 Å². The lowest BCUT2D eigenvalue weighted by atomic mass is 9.62.